The van der Waals surface area contributed by atoms with E-state index in [2.05, 4.69) is 102 Å². The van der Waals surface area contributed by atoms with Crippen LogP contribution in [-0.2, 0) is 13.0 Å². The molecule has 1 aromatic heterocycles. The van der Waals surface area contributed by atoms with Crippen molar-refractivity contribution < 1.29 is 0 Å². The molecule has 0 aliphatic heterocycles. The minimum atomic E-state index is -0.0772. The summed E-state index contributed by atoms with van der Waals surface area (Å²) in [6.07, 6.45) is 1.05. The molecule has 4 rings (SSSR count). The predicted molar refractivity (Wildman–Crippen MR) is 119 cm³/mol. The quantitative estimate of drug-likeness (QED) is 0.451. The van der Waals surface area contributed by atoms with Gasteiger partial charge in [0.15, 0.2) is 5.82 Å². The van der Waals surface area contributed by atoms with Crippen molar-refractivity contribution in [3.8, 4) is 5.69 Å². The summed E-state index contributed by atoms with van der Waals surface area (Å²) in [4.78, 5) is 2.30. The Bertz CT molecular complexity index is 1090. The van der Waals surface area contributed by atoms with Crippen molar-refractivity contribution in [2.75, 3.05) is 7.05 Å². The van der Waals surface area contributed by atoms with Crippen LogP contribution >= 0.6 is 0 Å². The van der Waals surface area contributed by atoms with Crippen molar-refractivity contribution in [1.82, 2.24) is 25.1 Å². The largest absolute Gasteiger partial charge is 0.288 e. The molecule has 5 nitrogen and oxygen atoms in total. The average Bonchev–Trinajstić information content (AvgIpc) is 3.24. The van der Waals surface area contributed by atoms with Crippen LogP contribution in [0, 0.1) is 6.92 Å². The molecule has 0 aliphatic rings. The predicted octanol–water partition coefficient (Wildman–Crippen LogP) is 4.75. The van der Waals surface area contributed by atoms with E-state index in [0.29, 0.717) is 0 Å². The van der Waals surface area contributed by atoms with Crippen LogP contribution in [0.1, 0.15) is 41.0 Å². The van der Waals surface area contributed by atoms with Gasteiger partial charge in [-0.1, -0.05) is 79.7 Å². The van der Waals surface area contributed by atoms with Crippen molar-refractivity contribution in [2.24, 2.45) is 0 Å². The van der Waals surface area contributed by atoms with Crippen molar-refractivity contribution in [1.29, 1.82) is 0 Å². The highest BCUT2D eigenvalue weighted by Crippen LogP contribution is 2.29. The number of tetrazole rings is 1. The highest BCUT2D eigenvalue weighted by molar-refractivity contribution is 5.40. The Morgan fingerprint density at radius 2 is 1.53 bits per heavy atom. The van der Waals surface area contributed by atoms with Gasteiger partial charge in [0, 0.05) is 6.54 Å². The van der Waals surface area contributed by atoms with Gasteiger partial charge in [-0.15, -0.1) is 5.10 Å². The second kappa shape index (κ2) is 9.01. The lowest BCUT2D eigenvalue weighted by Crippen LogP contribution is -2.28. The minimum Gasteiger partial charge on any atom is -0.288 e. The van der Waals surface area contributed by atoms with Crippen LogP contribution in [0.15, 0.2) is 78.9 Å². The number of hydrogen-bond acceptors (Lipinski definition) is 4. The van der Waals surface area contributed by atoms with E-state index in [0.717, 1.165) is 35.6 Å². The summed E-state index contributed by atoms with van der Waals surface area (Å²) in [5.41, 5.74) is 5.92. The van der Waals surface area contributed by atoms with E-state index >= 15 is 0 Å². The van der Waals surface area contributed by atoms with Gasteiger partial charge >= 0.3 is 0 Å². The third-order valence-electron chi connectivity index (χ3n) is 5.50. The van der Waals surface area contributed by atoms with E-state index in [9.17, 15) is 0 Å². The molecule has 4 aromatic rings. The van der Waals surface area contributed by atoms with Gasteiger partial charge in [0.2, 0.25) is 0 Å². The van der Waals surface area contributed by atoms with Crippen molar-refractivity contribution in [3.05, 3.63) is 107 Å². The van der Waals surface area contributed by atoms with E-state index < -0.39 is 0 Å². The maximum Gasteiger partial charge on any atom is 0.178 e. The zero-order valence-corrected chi connectivity index (χ0v) is 17.7. The third-order valence-corrected chi connectivity index (χ3v) is 5.50. The van der Waals surface area contributed by atoms with Crippen molar-refractivity contribution in [2.45, 2.75) is 32.9 Å². The monoisotopic (exact) mass is 397 g/mol. The molecule has 1 atom stereocenters. The van der Waals surface area contributed by atoms with Gasteiger partial charge in [-0.3, -0.25) is 4.90 Å². The normalized spacial score (nSPS) is 12.3. The van der Waals surface area contributed by atoms with E-state index in [4.69, 9.17) is 0 Å². The second-order valence-electron chi connectivity index (χ2n) is 7.63. The van der Waals surface area contributed by atoms with Gasteiger partial charge in [-0.05, 0) is 59.1 Å². The molecular formula is C25H27N5. The lowest BCUT2D eigenvalue weighted by molar-refractivity contribution is 0.258. The van der Waals surface area contributed by atoms with E-state index in [1.165, 1.54) is 11.1 Å². The maximum atomic E-state index is 4.46. The van der Waals surface area contributed by atoms with Gasteiger partial charge in [0.25, 0.3) is 0 Å². The van der Waals surface area contributed by atoms with E-state index in [1.54, 1.807) is 0 Å². The first-order chi connectivity index (χ1) is 14.7. The smallest absolute Gasteiger partial charge is 0.178 e. The molecule has 152 valence electrons. The van der Waals surface area contributed by atoms with Gasteiger partial charge in [-0.25, -0.2) is 0 Å². The molecule has 0 saturated carbocycles. The summed E-state index contributed by atoms with van der Waals surface area (Å²) in [7, 11) is 2.13. The highest BCUT2D eigenvalue weighted by atomic mass is 15.6. The molecule has 0 N–H and O–H groups in total. The van der Waals surface area contributed by atoms with Crippen LogP contribution in [0.5, 0.6) is 0 Å². The highest BCUT2D eigenvalue weighted by Gasteiger charge is 2.26. The van der Waals surface area contributed by atoms with Crippen LogP contribution in [0.4, 0.5) is 0 Å². The van der Waals surface area contributed by atoms with E-state index in [-0.39, 0.29) is 6.04 Å². The van der Waals surface area contributed by atoms with Crippen LogP contribution in [-0.4, -0.2) is 32.2 Å². The summed E-state index contributed by atoms with van der Waals surface area (Å²) in [6.45, 7) is 5.06. The SMILES string of the molecule is CCc1ccc(CN(C)[C@H](c2ccccc2)c2nnnn2-c2ccccc2C)cc1. The number of benzene rings is 3. The molecule has 0 aliphatic carbocycles. The van der Waals surface area contributed by atoms with Gasteiger partial charge in [0.1, 0.15) is 0 Å². The summed E-state index contributed by atoms with van der Waals surface area (Å²) in [6, 6.07) is 27.4. The van der Waals surface area contributed by atoms with Crippen molar-refractivity contribution >= 4 is 0 Å². The van der Waals surface area contributed by atoms with Crippen LogP contribution in [0.2, 0.25) is 0 Å². The average molecular weight is 398 g/mol. The Kier molecular flexibility index (Phi) is 6.00. The Morgan fingerprint density at radius 3 is 2.23 bits per heavy atom. The molecule has 5 heteroatoms. The molecule has 0 fully saturated rings. The van der Waals surface area contributed by atoms with Crippen LogP contribution in [0.25, 0.3) is 5.69 Å². The maximum absolute atomic E-state index is 4.46. The first kappa shape index (κ1) is 20.0. The molecule has 0 radical (unpaired) electrons. The molecule has 0 amide bonds. The fourth-order valence-corrected chi connectivity index (χ4v) is 3.83. The number of aromatic nitrogens is 4. The fourth-order valence-electron chi connectivity index (χ4n) is 3.83. The van der Waals surface area contributed by atoms with Crippen LogP contribution < -0.4 is 0 Å². The molecular weight excluding hydrogens is 370 g/mol. The van der Waals surface area contributed by atoms with Gasteiger partial charge in [0.05, 0.1) is 11.7 Å². The van der Waals surface area contributed by atoms with E-state index in [1.807, 2.05) is 22.9 Å². The first-order valence-electron chi connectivity index (χ1n) is 10.3. The zero-order valence-electron chi connectivity index (χ0n) is 17.7. The molecule has 0 saturated heterocycles. The molecule has 1 heterocycles. The Morgan fingerprint density at radius 1 is 0.867 bits per heavy atom. The number of aryl methyl sites for hydroxylation is 2. The molecule has 0 bridgehead atoms. The van der Waals surface area contributed by atoms with Crippen molar-refractivity contribution in [3.63, 3.8) is 0 Å². The number of rotatable bonds is 7. The topological polar surface area (TPSA) is 46.8 Å². The number of para-hydroxylation sites is 1. The van der Waals surface area contributed by atoms with Crippen LogP contribution in [0.3, 0.4) is 0 Å². The number of hydrogen-bond donors (Lipinski definition) is 0. The molecule has 30 heavy (non-hydrogen) atoms. The zero-order chi connectivity index (χ0) is 20.9. The Balaban J connectivity index is 1.73. The molecule has 3 aromatic carbocycles. The molecule has 0 spiro atoms. The number of nitrogens with zero attached hydrogens (tertiary/aromatic N) is 5. The second-order valence-corrected chi connectivity index (χ2v) is 7.63. The lowest BCUT2D eigenvalue weighted by Gasteiger charge is -2.28. The van der Waals surface area contributed by atoms with Gasteiger partial charge in [-0.2, -0.15) is 4.68 Å². The Hall–Kier alpha value is -3.31. The first-order valence-corrected chi connectivity index (χ1v) is 10.3. The summed E-state index contributed by atoms with van der Waals surface area (Å²) >= 11 is 0. The standard InChI is InChI=1S/C25H27N5/c1-4-20-14-16-21(17-15-20)18-29(3)24(22-11-6-5-7-12-22)25-26-27-28-30(25)23-13-9-8-10-19(23)2/h5-17,24H,4,18H2,1-3H3/t24-/m1/s1. The summed E-state index contributed by atoms with van der Waals surface area (Å²) in [5.74, 6) is 0.808. The lowest BCUT2D eigenvalue weighted by atomic mass is 10.0. The molecule has 0 unspecified atom stereocenters. The third kappa shape index (κ3) is 4.16. The van der Waals surface area contributed by atoms with Gasteiger partial charge < -0.3 is 0 Å². The minimum absolute atomic E-state index is 0.0772. The summed E-state index contributed by atoms with van der Waals surface area (Å²) in [5, 5.41) is 12.8. The fraction of sp³-hybridized carbons (Fsp3) is 0.240. The summed E-state index contributed by atoms with van der Waals surface area (Å²) < 4.78 is 1.86. The Labute approximate surface area is 178 Å².